The van der Waals surface area contributed by atoms with Crippen LogP contribution in [0.15, 0.2) is 60.7 Å². The summed E-state index contributed by atoms with van der Waals surface area (Å²) in [6.07, 6.45) is 3.59. The van der Waals surface area contributed by atoms with Crippen molar-refractivity contribution in [3.8, 4) is 0 Å². The summed E-state index contributed by atoms with van der Waals surface area (Å²) in [6, 6.07) is 20.8. The second-order valence-electron chi connectivity index (χ2n) is 5.95. The largest absolute Gasteiger partial charge is 0.396 e. The van der Waals surface area contributed by atoms with Gasteiger partial charge in [0.1, 0.15) is 0 Å². The van der Waals surface area contributed by atoms with Gasteiger partial charge in [-0.15, -0.1) is 0 Å². The van der Waals surface area contributed by atoms with Crippen LogP contribution in [0.2, 0.25) is 0 Å². The van der Waals surface area contributed by atoms with Crippen molar-refractivity contribution in [2.75, 3.05) is 13.2 Å². The van der Waals surface area contributed by atoms with Crippen molar-refractivity contribution in [1.82, 2.24) is 0 Å². The summed E-state index contributed by atoms with van der Waals surface area (Å²) in [5.74, 6) is 0.619. The molecule has 2 atom stereocenters. The Morgan fingerprint density at radius 2 is 1.18 bits per heavy atom. The second kappa shape index (κ2) is 9.39. The van der Waals surface area contributed by atoms with Crippen molar-refractivity contribution in [3.63, 3.8) is 0 Å². The minimum absolute atomic E-state index is 0.192. The van der Waals surface area contributed by atoms with E-state index in [0.29, 0.717) is 5.92 Å². The molecule has 0 amide bonds. The Bertz CT molecular complexity index is 510. The Morgan fingerprint density at radius 3 is 1.64 bits per heavy atom. The molecule has 0 fully saturated rings. The summed E-state index contributed by atoms with van der Waals surface area (Å²) in [6.45, 7) is 0.409. The molecule has 0 spiro atoms. The van der Waals surface area contributed by atoms with Crippen molar-refractivity contribution in [2.24, 2.45) is 11.8 Å². The van der Waals surface area contributed by atoms with Crippen LogP contribution in [0.3, 0.4) is 0 Å². The molecule has 2 rings (SSSR count). The normalized spacial score (nSPS) is 13.7. The van der Waals surface area contributed by atoms with E-state index >= 15 is 0 Å². The summed E-state index contributed by atoms with van der Waals surface area (Å²) in [5.41, 5.74) is 2.57. The standard InChI is InChI=1S/C20H26O2/c21-13-7-12-19(14-17-8-3-1-4-9-17)20(16-22)15-18-10-5-2-6-11-18/h1-6,8-11,19-22H,7,12-16H2/t19-,20+/m1/s1. The van der Waals surface area contributed by atoms with Crippen molar-refractivity contribution in [3.05, 3.63) is 71.8 Å². The Hall–Kier alpha value is -1.64. The Balaban J connectivity index is 2.07. The van der Waals surface area contributed by atoms with E-state index in [1.807, 2.05) is 24.3 Å². The molecule has 2 aromatic carbocycles. The summed E-state index contributed by atoms with van der Waals surface area (Å²) in [5, 5.41) is 19.0. The second-order valence-corrected chi connectivity index (χ2v) is 5.95. The predicted octanol–water partition coefficient (Wildman–Crippen LogP) is 3.47. The fraction of sp³-hybridized carbons (Fsp3) is 0.400. The Morgan fingerprint density at radius 1 is 0.682 bits per heavy atom. The highest BCUT2D eigenvalue weighted by Gasteiger charge is 2.21. The predicted molar refractivity (Wildman–Crippen MR) is 90.7 cm³/mol. The molecule has 118 valence electrons. The van der Waals surface area contributed by atoms with Gasteiger partial charge < -0.3 is 10.2 Å². The SMILES string of the molecule is OCCC[C@H](Cc1ccccc1)[C@H](CO)Cc1ccccc1. The van der Waals surface area contributed by atoms with Gasteiger partial charge in [-0.2, -0.15) is 0 Å². The van der Waals surface area contributed by atoms with Gasteiger partial charge in [-0.25, -0.2) is 0 Å². The van der Waals surface area contributed by atoms with Gasteiger partial charge in [0, 0.05) is 13.2 Å². The van der Waals surface area contributed by atoms with Crippen LogP contribution in [0.25, 0.3) is 0 Å². The molecule has 2 nitrogen and oxygen atoms in total. The summed E-state index contributed by atoms with van der Waals surface area (Å²) in [4.78, 5) is 0. The minimum Gasteiger partial charge on any atom is -0.396 e. The van der Waals surface area contributed by atoms with Crippen LogP contribution in [-0.2, 0) is 12.8 Å². The van der Waals surface area contributed by atoms with Crippen LogP contribution in [0.1, 0.15) is 24.0 Å². The van der Waals surface area contributed by atoms with Crippen molar-refractivity contribution in [2.45, 2.75) is 25.7 Å². The van der Waals surface area contributed by atoms with Crippen molar-refractivity contribution < 1.29 is 10.2 Å². The van der Waals surface area contributed by atoms with Gasteiger partial charge in [0.25, 0.3) is 0 Å². The number of aliphatic hydroxyl groups is 2. The Labute approximate surface area is 133 Å². The highest BCUT2D eigenvalue weighted by molar-refractivity contribution is 5.17. The average molecular weight is 298 g/mol. The van der Waals surface area contributed by atoms with E-state index in [9.17, 15) is 5.11 Å². The molecule has 0 aromatic heterocycles. The first-order valence-corrected chi connectivity index (χ1v) is 8.13. The molecule has 0 aliphatic carbocycles. The van der Waals surface area contributed by atoms with Gasteiger partial charge >= 0.3 is 0 Å². The Kier molecular flexibility index (Phi) is 7.14. The monoisotopic (exact) mass is 298 g/mol. The molecule has 2 heteroatoms. The van der Waals surface area contributed by atoms with Crippen LogP contribution in [0, 0.1) is 11.8 Å². The summed E-state index contributed by atoms with van der Waals surface area (Å²) < 4.78 is 0. The first-order chi connectivity index (χ1) is 10.8. The zero-order chi connectivity index (χ0) is 15.6. The van der Waals surface area contributed by atoms with E-state index in [4.69, 9.17) is 5.11 Å². The van der Waals surface area contributed by atoms with Crippen LogP contribution in [0.5, 0.6) is 0 Å². The molecule has 0 bridgehead atoms. The fourth-order valence-corrected chi connectivity index (χ4v) is 3.07. The molecule has 2 N–H and O–H groups in total. The molecule has 0 saturated carbocycles. The van der Waals surface area contributed by atoms with E-state index in [1.54, 1.807) is 0 Å². The van der Waals surface area contributed by atoms with Crippen molar-refractivity contribution in [1.29, 1.82) is 0 Å². The number of rotatable bonds is 9. The lowest BCUT2D eigenvalue weighted by Crippen LogP contribution is -2.23. The summed E-state index contributed by atoms with van der Waals surface area (Å²) >= 11 is 0. The smallest absolute Gasteiger partial charge is 0.0465 e. The van der Waals surface area contributed by atoms with Gasteiger partial charge in [-0.05, 0) is 48.6 Å². The third-order valence-corrected chi connectivity index (χ3v) is 4.32. The topological polar surface area (TPSA) is 40.5 Å². The van der Waals surface area contributed by atoms with E-state index in [-0.39, 0.29) is 19.1 Å². The van der Waals surface area contributed by atoms with Gasteiger partial charge in [-0.1, -0.05) is 60.7 Å². The lowest BCUT2D eigenvalue weighted by atomic mass is 9.80. The maximum atomic E-state index is 9.87. The highest BCUT2D eigenvalue weighted by atomic mass is 16.3. The number of benzene rings is 2. The minimum atomic E-state index is 0.192. The number of hydrogen-bond donors (Lipinski definition) is 2. The molecule has 2 aromatic rings. The van der Waals surface area contributed by atoms with Crippen LogP contribution < -0.4 is 0 Å². The fourth-order valence-electron chi connectivity index (χ4n) is 3.07. The quantitative estimate of drug-likeness (QED) is 0.744. The third-order valence-electron chi connectivity index (χ3n) is 4.32. The van der Waals surface area contributed by atoms with Crippen molar-refractivity contribution >= 4 is 0 Å². The first-order valence-electron chi connectivity index (χ1n) is 8.13. The van der Waals surface area contributed by atoms with Gasteiger partial charge in [0.2, 0.25) is 0 Å². The average Bonchev–Trinajstić information content (AvgIpc) is 2.58. The molecule has 0 aliphatic rings. The molecule has 0 heterocycles. The van der Waals surface area contributed by atoms with Gasteiger partial charge in [0.05, 0.1) is 0 Å². The van der Waals surface area contributed by atoms with Gasteiger partial charge in [0.15, 0.2) is 0 Å². The lowest BCUT2D eigenvalue weighted by molar-refractivity contribution is 0.158. The molecule has 0 radical (unpaired) electrons. The maximum absolute atomic E-state index is 9.87. The zero-order valence-electron chi connectivity index (χ0n) is 13.1. The van der Waals surface area contributed by atoms with E-state index in [1.165, 1.54) is 11.1 Å². The molecular formula is C20H26O2. The molecular weight excluding hydrogens is 272 g/mol. The molecule has 0 saturated heterocycles. The first kappa shape index (κ1) is 16.7. The zero-order valence-corrected chi connectivity index (χ0v) is 13.1. The van der Waals surface area contributed by atoms with Gasteiger partial charge in [-0.3, -0.25) is 0 Å². The lowest BCUT2D eigenvalue weighted by Gasteiger charge is -2.26. The van der Waals surface area contributed by atoms with Crippen LogP contribution in [-0.4, -0.2) is 23.4 Å². The molecule has 22 heavy (non-hydrogen) atoms. The van der Waals surface area contributed by atoms with E-state index in [0.717, 1.165) is 25.7 Å². The summed E-state index contributed by atoms with van der Waals surface area (Å²) in [7, 11) is 0. The van der Waals surface area contributed by atoms with E-state index < -0.39 is 0 Å². The highest BCUT2D eigenvalue weighted by Crippen LogP contribution is 2.26. The number of hydrogen-bond acceptors (Lipinski definition) is 2. The molecule has 0 unspecified atom stereocenters. The van der Waals surface area contributed by atoms with Crippen LogP contribution in [0.4, 0.5) is 0 Å². The maximum Gasteiger partial charge on any atom is 0.0465 e. The van der Waals surface area contributed by atoms with E-state index in [2.05, 4.69) is 36.4 Å². The number of aliphatic hydroxyl groups excluding tert-OH is 2. The molecule has 0 aliphatic heterocycles. The van der Waals surface area contributed by atoms with Crippen LogP contribution >= 0.6 is 0 Å². The third kappa shape index (κ3) is 5.28.